The number of rotatable bonds is 6. The Morgan fingerprint density at radius 3 is 2.33 bits per heavy atom. The SMILES string of the molecule is CS(=O)(=O)CCCC(NN)c1c(Cl)cccc1Cl. The summed E-state index contributed by atoms with van der Waals surface area (Å²) in [7, 11) is -2.97. The molecule has 0 saturated carbocycles. The summed E-state index contributed by atoms with van der Waals surface area (Å²) in [5.74, 6) is 5.59. The van der Waals surface area contributed by atoms with Gasteiger partial charge < -0.3 is 0 Å². The molecule has 1 rings (SSSR count). The Labute approximate surface area is 117 Å². The molecule has 0 spiro atoms. The van der Waals surface area contributed by atoms with Gasteiger partial charge in [0.15, 0.2) is 0 Å². The maximum Gasteiger partial charge on any atom is 0.147 e. The summed E-state index contributed by atoms with van der Waals surface area (Å²) in [5, 5.41) is 1.04. The Bertz CT molecular complexity index is 486. The van der Waals surface area contributed by atoms with Crippen LogP contribution in [0.25, 0.3) is 0 Å². The second-order valence-electron chi connectivity index (χ2n) is 4.13. The van der Waals surface area contributed by atoms with Crippen molar-refractivity contribution in [2.24, 2.45) is 5.84 Å². The molecule has 0 heterocycles. The van der Waals surface area contributed by atoms with E-state index in [0.717, 1.165) is 0 Å². The maximum atomic E-state index is 11.1. The van der Waals surface area contributed by atoms with Gasteiger partial charge in [-0.1, -0.05) is 29.3 Å². The fourth-order valence-corrected chi connectivity index (χ4v) is 3.06. The Hall–Kier alpha value is -0.330. The third kappa shape index (κ3) is 4.74. The van der Waals surface area contributed by atoms with Crippen LogP contribution in [0.2, 0.25) is 10.0 Å². The van der Waals surface area contributed by atoms with Crippen molar-refractivity contribution in [3.63, 3.8) is 0 Å². The largest absolute Gasteiger partial charge is 0.271 e. The summed E-state index contributed by atoms with van der Waals surface area (Å²) in [6, 6.07) is 4.94. The van der Waals surface area contributed by atoms with Crippen molar-refractivity contribution in [3.05, 3.63) is 33.8 Å². The van der Waals surface area contributed by atoms with Gasteiger partial charge in [0.2, 0.25) is 0 Å². The van der Waals surface area contributed by atoms with Crippen LogP contribution in [0.3, 0.4) is 0 Å². The molecule has 0 aromatic heterocycles. The zero-order valence-electron chi connectivity index (χ0n) is 9.99. The van der Waals surface area contributed by atoms with Crippen molar-refractivity contribution in [2.75, 3.05) is 12.0 Å². The van der Waals surface area contributed by atoms with Crippen LogP contribution >= 0.6 is 23.2 Å². The first-order valence-corrected chi connectivity index (χ1v) is 8.24. The summed E-state index contributed by atoms with van der Waals surface area (Å²) in [6.07, 6.45) is 2.25. The fraction of sp³-hybridized carbons (Fsp3) is 0.455. The number of benzene rings is 1. The van der Waals surface area contributed by atoms with E-state index in [1.807, 2.05) is 0 Å². The number of halogens is 2. The van der Waals surface area contributed by atoms with E-state index in [9.17, 15) is 8.42 Å². The molecular formula is C11H16Cl2N2O2S. The molecule has 18 heavy (non-hydrogen) atoms. The molecule has 0 amide bonds. The van der Waals surface area contributed by atoms with Crippen LogP contribution in [0.15, 0.2) is 18.2 Å². The summed E-state index contributed by atoms with van der Waals surface area (Å²) in [4.78, 5) is 0. The average molecular weight is 311 g/mol. The van der Waals surface area contributed by atoms with Gasteiger partial charge in [-0.15, -0.1) is 0 Å². The Kier molecular flexibility index (Phi) is 5.88. The Balaban J connectivity index is 2.78. The van der Waals surface area contributed by atoms with E-state index in [2.05, 4.69) is 5.43 Å². The lowest BCUT2D eigenvalue weighted by molar-refractivity contribution is 0.508. The zero-order valence-corrected chi connectivity index (χ0v) is 12.3. The predicted octanol–water partition coefficient (Wildman–Crippen LogP) is 2.32. The Morgan fingerprint density at radius 1 is 1.33 bits per heavy atom. The van der Waals surface area contributed by atoms with Gasteiger partial charge in [0.25, 0.3) is 0 Å². The van der Waals surface area contributed by atoms with Crippen molar-refractivity contribution < 1.29 is 8.42 Å². The van der Waals surface area contributed by atoms with E-state index in [1.165, 1.54) is 6.26 Å². The Morgan fingerprint density at radius 2 is 1.89 bits per heavy atom. The molecule has 1 unspecified atom stereocenters. The lowest BCUT2D eigenvalue weighted by atomic mass is 10.0. The molecule has 0 radical (unpaired) electrons. The van der Waals surface area contributed by atoms with Gasteiger partial charge in [-0.3, -0.25) is 11.3 Å². The van der Waals surface area contributed by atoms with Crippen molar-refractivity contribution >= 4 is 33.0 Å². The normalized spacial score (nSPS) is 13.6. The molecule has 0 bridgehead atoms. The molecule has 7 heteroatoms. The number of hydrogen-bond donors (Lipinski definition) is 2. The molecule has 102 valence electrons. The monoisotopic (exact) mass is 310 g/mol. The summed E-state index contributed by atoms with van der Waals surface area (Å²) in [5.41, 5.74) is 3.33. The van der Waals surface area contributed by atoms with Crippen molar-refractivity contribution in [1.82, 2.24) is 5.43 Å². The van der Waals surface area contributed by atoms with Crippen LogP contribution in [-0.2, 0) is 9.84 Å². The van der Waals surface area contributed by atoms with Gasteiger partial charge >= 0.3 is 0 Å². The first-order chi connectivity index (χ1) is 8.35. The minimum atomic E-state index is -2.97. The highest BCUT2D eigenvalue weighted by Crippen LogP contribution is 2.32. The highest BCUT2D eigenvalue weighted by atomic mass is 35.5. The fourth-order valence-electron chi connectivity index (χ4n) is 1.70. The smallest absolute Gasteiger partial charge is 0.147 e. The maximum absolute atomic E-state index is 11.1. The van der Waals surface area contributed by atoms with Gasteiger partial charge in [0.1, 0.15) is 9.84 Å². The minimum Gasteiger partial charge on any atom is -0.271 e. The van der Waals surface area contributed by atoms with E-state index in [-0.39, 0.29) is 11.8 Å². The van der Waals surface area contributed by atoms with Crippen LogP contribution < -0.4 is 11.3 Å². The lowest BCUT2D eigenvalue weighted by Crippen LogP contribution is -2.29. The van der Waals surface area contributed by atoms with E-state index >= 15 is 0 Å². The quantitative estimate of drug-likeness (QED) is 0.625. The van der Waals surface area contributed by atoms with Crippen molar-refractivity contribution in [2.45, 2.75) is 18.9 Å². The van der Waals surface area contributed by atoms with Gasteiger partial charge in [0, 0.05) is 33.7 Å². The number of nitrogens with one attached hydrogen (secondary N) is 1. The van der Waals surface area contributed by atoms with E-state index in [4.69, 9.17) is 29.0 Å². The molecule has 1 aromatic carbocycles. The van der Waals surface area contributed by atoms with Crippen molar-refractivity contribution in [3.8, 4) is 0 Å². The number of hydrazine groups is 1. The molecule has 3 N–H and O–H groups in total. The van der Waals surface area contributed by atoms with Gasteiger partial charge in [-0.2, -0.15) is 0 Å². The van der Waals surface area contributed by atoms with Crippen LogP contribution in [0, 0.1) is 0 Å². The molecule has 0 aliphatic carbocycles. The number of sulfone groups is 1. The van der Waals surface area contributed by atoms with Crippen molar-refractivity contribution in [1.29, 1.82) is 0 Å². The second-order valence-corrected chi connectivity index (χ2v) is 7.20. The molecule has 0 fully saturated rings. The van der Waals surface area contributed by atoms with Crippen LogP contribution in [0.1, 0.15) is 24.4 Å². The highest BCUT2D eigenvalue weighted by Gasteiger charge is 2.17. The predicted molar refractivity (Wildman–Crippen MR) is 75.5 cm³/mol. The summed E-state index contributed by atoms with van der Waals surface area (Å²) >= 11 is 12.1. The third-order valence-corrected chi connectivity index (χ3v) is 4.25. The van der Waals surface area contributed by atoms with Gasteiger partial charge in [0.05, 0.1) is 0 Å². The van der Waals surface area contributed by atoms with E-state index in [0.29, 0.717) is 28.5 Å². The summed E-state index contributed by atoms with van der Waals surface area (Å²) in [6.45, 7) is 0. The lowest BCUT2D eigenvalue weighted by Gasteiger charge is -2.18. The molecule has 1 aromatic rings. The highest BCUT2D eigenvalue weighted by molar-refractivity contribution is 7.90. The van der Waals surface area contributed by atoms with Crippen LogP contribution in [0.4, 0.5) is 0 Å². The number of hydrogen-bond acceptors (Lipinski definition) is 4. The first kappa shape index (κ1) is 15.7. The molecule has 0 saturated heterocycles. The number of nitrogens with two attached hydrogens (primary N) is 1. The summed E-state index contributed by atoms with van der Waals surface area (Å²) < 4.78 is 22.1. The average Bonchev–Trinajstić information content (AvgIpc) is 2.25. The van der Waals surface area contributed by atoms with E-state index in [1.54, 1.807) is 18.2 Å². The van der Waals surface area contributed by atoms with Crippen LogP contribution in [-0.4, -0.2) is 20.4 Å². The zero-order chi connectivity index (χ0) is 13.8. The first-order valence-electron chi connectivity index (χ1n) is 5.43. The second kappa shape index (κ2) is 6.73. The standard InChI is InChI=1S/C11H16Cl2N2O2S/c1-18(16,17)7-3-6-10(15-14)11-8(12)4-2-5-9(11)13/h2,4-5,10,15H,3,6-7,14H2,1H3. The topological polar surface area (TPSA) is 72.2 Å². The molecule has 0 aliphatic heterocycles. The molecular weight excluding hydrogens is 295 g/mol. The van der Waals surface area contributed by atoms with Gasteiger partial charge in [-0.05, 0) is 25.0 Å². The van der Waals surface area contributed by atoms with Gasteiger partial charge in [-0.25, -0.2) is 8.42 Å². The third-order valence-electron chi connectivity index (χ3n) is 2.56. The molecule has 0 aliphatic rings. The van der Waals surface area contributed by atoms with E-state index < -0.39 is 9.84 Å². The minimum absolute atomic E-state index is 0.118. The van der Waals surface area contributed by atoms with Crippen LogP contribution in [0.5, 0.6) is 0 Å². The molecule has 1 atom stereocenters. The molecule has 4 nitrogen and oxygen atoms in total.